The Morgan fingerprint density at radius 2 is 1.79 bits per heavy atom. The Balaban J connectivity index is 1.78. The molecule has 2 aliphatic heterocycles. The third-order valence-electron chi connectivity index (χ3n) is 4.11. The van der Waals surface area contributed by atoms with Crippen molar-refractivity contribution in [2.75, 3.05) is 33.2 Å². The van der Waals surface area contributed by atoms with Crippen LogP contribution in [-0.2, 0) is 0 Å². The van der Waals surface area contributed by atoms with Gasteiger partial charge in [0.15, 0.2) is 0 Å². The molecule has 0 aromatic carbocycles. The SMILES string of the molecule is CCC1CCN(C2CCN(C)C2)CC1. The number of hydrogen-bond donors (Lipinski definition) is 0. The maximum Gasteiger partial charge on any atom is 0.0235 e. The van der Waals surface area contributed by atoms with Gasteiger partial charge in [0.05, 0.1) is 0 Å². The summed E-state index contributed by atoms with van der Waals surface area (Å²) >= 11 is 0. The van der Waals surface area contributed by atoms with Crippen LogP contribution in [0.3, 0.4) is 0 Å². The summed E-state index contributed by atoms with van der Waals surface area (Å²) in [5.74, 6) is 1.02. The second kappa shape index (κ2) is 4.63. The van der Waals surface area contributed by atoms with Gasteiger partial charge in [-0.15, -0.1) is 0 Å². The molecule has 0 saturated carbocycles. The van der Waals surface area contributed by atoms with Crippen molar-refractivity contribution in [2.45, 2.75) is 38.6 Å². The highest BCUT2D eigenvalue weighted by Crippen LogP contribution is 2.24. The molecule has 0 radical (unpaired) electrons. The van der Waals surface area contributed by atoms with E-state index < -0.39 is 0 Å². The van der Waals surface area contributed by atoms with Crippen molar-refractivity contribution in [3.8, 4) is 0 Å². The average Bonchev–Trinajstić information content (AvgIpc) is 2.65. The first-order valence-corrected chi connectivity index (χ1v) is 6.22. The minimum absolute atomic E-state index is 0.873. The van der Waals surface area contributed by atoms with Crippen LogP contribution in [0.5, 0.6) is 0 Å². The van der Waals surface area contributed by atoms with Crippen LogP contribution in [0.2, 0.25) is 0 Å². The summed E-state index contributed by atoms with van der Waals surface area (Å²) in [6.07, 6.45) is 5.67. The highest BCUT2D eigenvalue weighted by atomic mass is 15.2. The first kappa shape index (κ1) is 10.4. The molecule has 2 heterocycles. The summed E-state index contributed by atoms with van der Waals surface area (Å²) < 4.78 is 0. The van der Waals surface area contributed by atoms with Gasteiger partial charge in [-0.3, -0.25) is 4.90 Å². The molecule has 2 heteroatoms. The molecular formula is C12H24N2. The second-order valence-corrected chi connectivity index (χ2v) is 5.09. The molecule has 0 bridgehead atoms. The molecule has 82 valence electrons. The minimum atomic E-state index is 0.873. The zero-order valence-electron chi connectivity index (χ0n) is 9.71. The lowest BCUT2D eigenvalue weighted by Crippen LogP contribution is -2.42. The minimum Gasteiger partial charge on any atom is -0.305 e. The van der Waals surface area contributed by atoms with E-state index in [4.69, 9.17) is 0 Å². The standard InChI is InChI=1S/C12H24N2/c1-3-11-4-8-14(9-5-11)12-6-7-13(2)10-12/h11-12H,3-10H2,1-2H3. The van der Waals surface area contributed by atoms with Crippen molar-refractivity contribution >= 4 is 0 Å². The third kappa shape index (κ3) is 2.29. The van der Waals surface area contributed by atoms with Gasteiger partial charge in [0.25, 0.3) is 0 Å². The van der Waals surface area contributed by atoms with E-state index in [2.05, 4.69) is 23.8 Å². The molecule has 2 rings (SSSR count). The number of nitrogens with zero attached hydrogens (tertiary/aromatic N) is 2. The fourth-order valence-corrected chi connectivity index (χ4v) is 2.94. The van der Waals surface area contributed by atoms with Crippen LogP contribution in [0.1, 0.15) is 32.6 Å². The van der Waals surface area contributed by atoms with E-state index in [9.17, 15) is 0 Å². The summed E-state index contributed by atoms with van der Waals surface area (Å²) in [7, 11) is 2.25. The Kier molecular flexibility index (Phi) is 3.45. The van der Waals surface area contributed by atoms with Crippen LogP contribution in [0.25, 0.3) is 0 Å². The lowest BCUT2D eigenvalue weighted by atomic mass is 9.93. The molecule has 1 unspecified atom stereocenters. The van der Waals surface area contributed by atoms with Crippen LogP contribution in [0.15, 0.2) is 0 Å². The van der Waals surface area contributed by atoms with Crippen LogP contribution in [-0.4, -0.2) is 49.1 Å². The molecule has 2 fully saturated rings. The smallest absolute Gasteiger partial charge is 0.0235 e. The van der Waals surface area contributed by atoms with Gasteiger partial charge in [0, 0.05) is 12.6 Å². The summed E-state index contributed by atoms with van der Waals surface area (Å²) in [4.78, 5) is 5.20. The number of likely N-dealkylation sites (N-methyl/N-ethyl adjacent to an activating group) is 1. The fourth-order valence-electron chi connectivity index (χ4n) is 2.94. The van der Waals surface area contributed by atoms with E-state index in [1.54, 1.807) is 0 Å². The van der Waals surface area contributed by atoms with E-state index in [1.165, 1.54) is 51.9 Å². The summed E-state index contributed by atoms with van der Waals surface area (Å²) in [6, 6.07) is 0.873. The van der Waals surface area contributed by atoms with Gasteiger partial charge >= 0.3 is 0 Å². The lowest BCUT2D eigenvalue weighted by molar-refractivity contribution is 0.133. The molecule has 14 heavy (non-hydrogen) atoms. The lowest BCUT2D eigenvalue weighted by Gasteiger charge is -2.35. The summed E-state index contributed by atoms with van der Waals surface area (Å²) in [6.45, 7) is 7.66. The molecule has 0 aliphatic carbocycles. The van der Waals surface area contributed by atoms with Gasteiger partial charge in [-0.05, 0) is 51.9 Å². The van der Waals surface area contributed by atoms with Crippen molar-refractivity contribution in [2.24, 2.45) is 5.92 Å². The maximum atomic E-state index is 2.73. The van der Waals surface area contributed by atoms with Crippen molar-refractivity contribution in [3.63, 3.8) is 0 Å². The van der Waals surface area contributed by atoms with Gasteiger partial charge in [-0.25, -0.2) is 0 Å². The molecule has 0 spiro atoms. The Morgan fingerprint density at radius 1 is 1.07 bits per heavy atom. The molecule has 2 aliphatic rings. The molecule has 2 saturated heterocycles. The number of likely N-dealkylation sites (tertiary alicyclic amines) is 2. The summed E-state index contributed by atoms with van der Waals surface area (Å²) in [5, 5.41) is 0. The van der Waals surface area contributed by atoms with Gasteiger partial charge in [0.2, 0.25) is 0 Å². The van der Waals surface area contributed by atoms with E-state index in [0.717, 1.165) is 12.0 Å². The van der Waals surface area contributed by atoms with E-state index in [-0.39, 0.29) is 0 Å². The fraction of sp³-hybridized carbons (Fsp3) is 1.00. The van der Waals surface area contributed by atoms with Crippen LogP contribution in [0.4, 0.5) is 0 Å². The zero-order valence-corrected chi connectivity index (χ0v) is 9.71. The monoisotopic (exact) mass is 196 g/mol. The van der Waals surface area contributed by atoms with Crippen molar-refractivity contribution in [1.29, 1.82) is 0 Å². The number of rotatable bonds is 2. The number of piperidine rings is 1. The van der Waals surface area contributed by atoms with Gasteiger partial charge < -0.3 is 4.90 Å². The Bertz CT molecular complexity index is 173. The topological polar surface area (TPSA) is 6.48 Å². The maximum absolute atomic E-state index is 2.73. The largest absolute Gasteiger partial charge is 0.305 e. The van der Waals surface area contributed by atoms with E-state index in [1.807, 2.05) is 0 Å². The third-order valence-corrected chi connectivity index (χ3v) is 4.11. The van der Waals surface area contributed by atoms with Crippen molar-refractivity contribution < 1.29 is 0 Å². The van der Waals surface area contributed by atoms with Gasteiger partial charge in [-0.2, -0.15) is 0 Å². The molecule has 0 amide bonds. The summed E-state index contributed by atoms with van der Waals surface area (Å²) in [5.41, 5.74) is 0. The molecule has 1 atom stereocenters. The molecule has 2 nitrogen and oxygen atoms in total. The zero-order chi connectivity index (χ0) is 9.97. The molecule has 0 N–H and O–H groups in total. The average molecular weight is 196 g/mol. The van der Waals surface area contributed by atoms with Gasteiger partial charge in [-0.1, -0.05) is 13.3 Å². The number of hydrogen-bond acceptors (Lipinski definition) is 2. The second-order valence-electron chi connectivity index (χ2n) is 5.09. The predicted molar refractivity (Wildman–Crippen MR) is 60.5 cm³/mol. The van der Waals surface area contributed by atoms with Gasteiger partial charge in [0.1, 0.15) is 0 Å². The van der Waals surface area contributed by atoms with Crippen LogP contribution >= 0.6 is 0 Å². The normalized spacial score (nSPS) is 32.6. The Morgan fingerprint density at radius 3 is 2.29 bits per heavy atom. The van der Waals surface area contributed by atoms with E-state index >= 15 is 0 Å². The predicted octanol–water partition coefficient (Wildman–Crippen LogP) is 1.81. The first-order chi connectivity index (χ1) is 6.79. The molecular weight excluding hydrogens is 172 g/mol. The van der Waals surface area contributed by atoms with Crippen molar-refractivity contribution in [1.82, 2.24) is 9.80 Å². The highest BCUT2D eigenvalue weighted by molar-refractivity contribution is 4.84. The van der Waals surface area contributed by atoms with Crippen LogP contribution in [0, 0.1) is 5.92 Å². The molecule has 0 aromatic rings. The van der Waals surface area contributed by atoms with Crippen molar-refractivity contribution in [3.05, 3.63) is 0 Å². The highest BCUT2D eigenvalue weighted by Gasteiger charge is 2.28. The first-order valence-electron chi connectivity index (χ1n) is 6.22. The molecule has 0 aromatic heterocycles. The van der Waals surface area contributed by atoms with E-state index in [0.29, 0.717) is 0 Å². The Hall–Kier alpha value is -0.0800. The quantitative estimate of drug-likeness (QED) is 0.664. The Labute approximate surface area is 88.3 Å². The van der Waals surface area contributed by atoms with Crippen LogP contribution < -0.4 is 0 Å².